The monoisotopic (exact) mass is 283 g/mol. The lowest BCUT2D eigenvalue weighted by atomic mass is 10.2. The first-order chi connectivity index (χ1) is 9.52. The van der Waals surface area contributed by atoms with Gasteiger partial charge in [0.05, 0.1) is 6.61 Å². The average Bonchev–Trinajstić information content (AvgIpc) is 3.23. The fourth-order valence-corrected chi connectivity index (χ4v) is 1.89. The van der Waals surface area contributed by atoms with Crippen molar-refractivity contribution in [3.05, 3.63) is 35.4 Å². The van der Waals surface area contributed by atoms with E-state index in [0.717, 1.165) is 25.0 Å². The lowest BCUT2D eigenvalue weighted by molar-refractivity contribution is -0.144. The molecule has 0 atom stereocenters. The number of amides is 1. The van der Waals surface area contributed by atoms with Crippen LogP contribution in [0, 0.1) is 11.6 Å². The number of halogens is 2. The third kappa shape index (κ3) is 3.31. The molecule has 0 unspecified atom stereocenters. The molecule has 0 aromatic heterocycles. The Hall–Kier alpha value is -1.98. The minimum atomic E-state index is -1.08. The predicted octanol–water partition coefficient (Wildman–Crippen LogP) is 2.13. The summed E-state index contributed by atoms with van der Waals surface area (Å²) in [7, 11) is 0. The Morgan fingerprint density at radius 2 is 2.00 bits per heavy atom. The molecule has 108 valence electrons. The molecule has 1 aliphatic rings. The fraction of sp³-hybridized carbons (Fsp3) is 0.429. The molecular formula is C14H15F2NO3. The molecule has 1 aromatic carbocycles. The number of nitrogens with zero attached hydrogens (tertiary/aromatic N) is 1. The number of esters is 1. The summed E-state index contributed by atoms with van der Waals surface area (Å²) in [6.45, 7) is 1.74. The van der Waals surface area contributed by atoms with E-state index >= 15 is 0 Å². The van der Waals surface area contributed by atoms with Gasteiger partial charge < -0.3 is 9.64 Å². The molecule has 1 amide bonds. The van der Waals surface area contributed by atoms with Crippen LogP contribution in [0.1, 0.15) is 30.1 Å². The SMILES string of the molecule is CCOC(=O)CN(C(=O)c1ccc(F)c(F)c1)C1CC1. The lowest BCUT2D eigenvalue weighted by Gasteiger charge is -2.21. The van der Waals surface area contributed by atoms with Crippen LogP contribution < -0.4 is 0 Å². The minimum absolute atomic E-state index is 0.0278. The van der Waals surface area contributed by atoms with Gasteiger partial charge in [0.1, 0.15) is 6.54 Å². The number of benzene rings is 1. The van der Waals surface area contributed by atoms with Gasteiger partial charge in [-0.1, -0.05) is 0 Å². The average molecular weight is 283 g/mol. The first-order valence-electron chi connectivity index (χ1n) is 6.44. The Morgan fingerprint density at radius 3 is 2.55 bits per heavy atom. The molecule has 1 aliphatic carbocycles. The van der Waals surface area contributed by atoms with E-state index in [1.54, 1.807) is 6.92 Å². The molecule has 0 saturated heterocycles. The zero-order chi connectivity index (χ0) is 14.7. The van der Waals surface area contributed by atoms with Crippen LogP contribution in [0.15, 0.2) is 18.2 Å². The van der Waals surface area contributed by atoms with Crippen LogP contribution in [-0.4, -0.2) is 36.0 Å². The number of carbonyl (C=O) groups excluding carboxylic acids is 2. The molecule has 1 fully saturated rings. The smallest absolute Gasteiger partial charge is 0.325 e. The molecule has 2 rings (SSSR count). The van der Waals surface area contributed by atoms with Crippen LogP contribution in [0.4, 0.5) is 8.78 Å². The van der Waals surface area contributed by atoms with Crippen LogP contribution >= 0.6 is 0 Å². The second-order valence-corrected chi connectivity index (χ2v) is 4.60. The normalized spacial score (nSPS) is 13.9. The Bertz CT molecular complexity index is 529. The van der Waals surface area contributed by atoms with Crippen molar-refractivity contribution in [2.45, 2.75) is 25.8 Å². The molecule has 0 bridgehead atoms. The van der Waals surface area contributed by atoms with Crippen molar-refractivity contribution in [3.8, 4) is 0 Å². The van der Waals surface area contributed by atoms with E-state index in [9.17, 15) is 18.4 Å². The number of rotatable bonds is 5. The van der Waals surface area contributed by atoms with Gasteiger partial charge in [-0.15, -0.1) is 0 Å². The highest BCUT2D eigenvalue weighted by molar-refractivity contribution is 5.96. The first kappa shape index (κ1) is 14.4. The highest BCUT2D eigenvalue weighted by atomic mass is 19.2. The fourth-order valence-electron chi connectivity index (χ4n) is 1.89. The van der Waals surface area contributed by atoms with Crippen LogP contribution in [0.25, 0.3) is 0 Å². The zero-order valence-electron chi connectivity index (χ0n) is 11.1. The Morgan fingerprint density at radius 1 is 1.30 bits per heavy atom. The molecule has 0 aliphatic heterocycles. The summed E-state index contributed by atoms with van der Waals surface area (Å²) in [4.78, 5) is 25.1. The third-order valence-corrected chi connectivity index (χ3v) is 3.02. The lowest BCUT2D eigenvalue weighted by Crippen LogP contribution is -2.38. The van der Waals surface area contributed by atoms with E-state index in [0.29, 0.717) is 0 Å². The standard InChI is InChI=1S/C14H15F2NO3/c1-2-20-13(18)8-17(10-4-5-10)14(19)9-3-6-11(15)12(16)7-9/h3,6-7,10H,2,4-5,8H2,1H3. The van der Waals surface area contributed by atoms with Crippen molar-refractivity contribution >= 4 is 11.9 Å². The molecule has 1 aromatic rings. The maximum absolute atomic E-state index is 13.2. The van der Waals surface area contributed by atoms with E-state index in [-0.39, 0.29) is 24.8 Å². The van der Waals surface area contributed by atoms with Crippen molar-refractivity contribution < 1.29 is 23.1 Å². The van der Waals surface area contributed by atoms with E-state index in [1.165, 1.54) is 11.0 Å². The van der Waals surface area contributed by atoms with Crippen LogP contribution in [0.5, 0.6) is 0 Å². The van der Waals surface area contributed by atoms with Gasteiger partial charge in [-0.25, -0.2) is 8.78 Å². The van der Waals surface area contributed by atoms with Crippen molar-refractivity contribution in [1.29, 1.82) is 0 Å². The first-order valence-corrected chi connectivity index (χ1v) is 6.44. The van der Waals surface area contributed by atoms with Gasteiger partial charge in [-0.3, -0.25) is 9.59 Å². The van der Waals surface area contributed by atoms with Crippen LogP contribution in [-0.2, 0) is 9.53 Å². The van der Waals surface area contributed by atoms with Crippen molar-refractivity contribution in [2.75, 3.05) is 13.2 Å². The molecule has 1 saturated carbocycles. The maximum atomic E-state index is 13.2. The van der Waals surface area contributed by atoms with Gasteiger partial charge in [0.25, 0.3) is 5.91 Å². The van der Waals surface area contributed by atoms with Gasteiger partial charge in [0, 0.05) is 11.6 Å². The molecule has 4 nitrogen and oxygen atoms in total. The molecule has 0 heterocycles. The second kappa shape index (κ2) is 5.98. The summed E-state index contributed by atoms with van der Waals surface area (Å²) in [6.07, 6.45) is 1.60. The highest BCUT2D eigenvalue weighted by Crippen LogP contribution is 2.28. The molecule has 0 spiro atoms. The largest absolute Gasteiger partial charge is 0.465 e. The Balaban J connectivity index is 2.14. The Labute approximate surface area is 115 Å². The van der Waals surface area contributed by atoms with E-state index < -0.39 is 23.5 Å². The van der Waals surface area contributed by atoms with Crippen molar-refractivity contribution in [2.24, 2.45) is 0 Å². The summed E-state index contributed by atoms with van der Waals surface area (Å²) in [5, 5.41) is 0. The van der Waals surface area contributed by atoms with Crippen molar-refractivity contribution in [3.63, 3.8) is 0 Å². The molecule has 20 heavy (non-hydrogen) atoms. The number of carbonyl (C=O) groups is 2. The number of ether oxygens (including phenoxy) is 1. The molecule has 0 radical (unpaired) electrons. The predicted molar refractivity (Wildman–Crippen MR) is 67.0 cm³/mol. The highest BCUT2D eigenvalue weighted by Gasteiger charge is 2.34. The number of hydrogen-bond donors (Lipinski definition) is 0. The summed E-state index contributed by atoms with van der Waals surface area (Å²) in [5.41, 5.74) is 0.0279. The summed E-state index contributed by atoms with van der Waals surface area (Å²) >= 11 is 0. The number of hydrogen-bond acceptors (Lipinski definition) is 3. The molecular weight excluding hydrogens is 268 g/mol. The quantitative estimate of drug-likeness (QED) is 0.778. The summed E-state index contributed by atoms with van der Waals surface area (Å²) in [5.74, 6) is -3.08. The van der Waals surface area contributed by atoms with E-state index in [4.69, 9.17) is 4.74 Å². The second-order valence-electron chi connectivity index (χ2n) is 4.60. The summed E-state index contributed by atoms with van der Waals surface area (Å²) in [6, 6.07) is 2.93. The third-order valence-electron chi connectivity index (χ3n) is 3.02. The topological polar surface area (TPSA) is 46.6 Å². The Kier molecular flexibility index (Phi) is 4.32. The maximum Gasteiger partial charge on any atom is 0.325 e. The van der Waals surface area contributed by atoms with Crippen molar-refractivity contribution in [1.82, 2.24) is 4.90 Å². The van der Waals surface area contributed by atoms with E-state index in [1.807, 2.05) is 0 Å². The molecule has 6 heteroatoms. The summed E-state index contributed by atoms with van der Waals surface area (Å²) < 4.78 is 30.8. The van der Waals surface area contributed by atoms with Gasteiger partial charge in [0.15, 0.2) is 11.6 Å². The van der Waals surface area contributed by atoms with Gasteiger partial charge in [-0.05, 0) is 38.0 Å². The van der Waals surface area contributed by atoms with Gasteiger partial charge in [0.2, 0.25) is 0 Å². The van der Waals surface area contributed by atoms with E-state index in [2.05, 4.69) is 0 Å². The van der Waals surface area contributed by atoms with Gasteiger partial charge >= 0.3 is 5.97 Å². The molecule has 0 N–H and O–H groups in total. The van der Waals surface area contributed by atoms with Crippen LogP contribution in [0.2, 0.25) is 0 Å². The minimum Gasteiger partial charge on any atom is -0.465 e. The zero-order valence-corrected chi connectivity index (χ0v) is 11.1. The van der Waals surface area contributed by atoms with Gasteiger partial charge in [-0.2, -0.15) is 0 Å². The van der Waals surface area contributed by atoms with Crippen LogP contribution in [0.3, 0.4) is 0 Å².